The average Bonchev–Trinajstić information content (AvgIpc) is 2.99. The molecule has 2 rings (SSSR count). The molecule has 24 heavy (non-hydrogen) atoms. The molecule has 0 unspecified atom stereocenters. The number of nitrogens with one attached hydrogen (secondary N) is 1. The molecule has 0 radical (unpaired) electrons. The van der Waals surface area contributed by atoms with Gasteiger partial charge in [-0.25, -0.2) is 4.79 Å². The largest absolute Gasteiger partial charge is 0.453 e. The predicted molar refractivity (Wildman–Crippen MR) is 93.6 cm³/mol. The highest BCUT2D eigenvalue weighted by Gasteiger charge is 2.15. The normalized spacial score (nSPS) is 10.2. The Kier molecular flexibility index (Phi) is 6.26. The number of amides is 1. The third kappa shape index (κ3) is 4.76. The smallest absolute Gasteiger partial charge is 0.349 e. The quantitative estimate of drug-likeness (QED) is 0.611. The molecule has 0 fully saturated rings. The Hall–Kier alpha value is -2.47. The molecule has 0 spiro atoms. The fourth-order valence-electron chi connectivity index (χ4n) is 2.05. The van der Waals surface area contributed by atoms with Crippen LogP contribution in [-0.4, -0.2) is 24.3 Å². The lowest BCUT2D eigenvalue weighted by molar-refractivity contribution is -0.116. The van der Waals surface area contributed by atoms with Gasteiger partial charge in [0.25, 0.3) is 0 Å². The van der Waals surface area contributed by atoms with E-state index in [1.165, 1.54) is 11.3 Å². The molecule has 126 valence electrons. The number of rotatable bonds is 7. The van der Waals surface area contributed by atoms with E-state index in [1.807, 2.05) is 19.9 Å². The Balaban J connectivity index is 1.89. The van der Waals surface area contributed by atoms with Crippen molar-refractivity contribution in [1.29, 1.82) is 0 Å². The molecule has 0 aliphatic carbocycles. The van der Waals surface area contributed by atoms with Crippen LogP contribution in [0.15, 0.2) is 35.7 Å². The average molecular weight is 345 g/mol. The molecule has 0 bridgehead atoms. The zero-order valence-electron chi connectivity index (χ0n) is 13.6. The molecule has 5 nitrogen and oxygen atoms in total. The predicted octanol–water partition coefficient (Wildman–Crippen LogP) is 3.83. The summed E-state index contributed by atoms with van der Waals surface area (Å²) in [6.07, 6.45) is 1.23. The lowest BCUT2D eigenvalue weighted by atomic mass is 10.1. The minimum absolute atomic E-state index is 0.0585. The number of hydrogen-bond acceptors (Lipinski definition) is 5. The van der Waals surface area contributed by atoms with Crippen LogP contribution in [0, 0.1) is 6.92 Å². The van der Waals surface area contributed by atoms with Crippen molar-refractivity contribution in [3.8, 4) is 0 Å². The van der Waals surface area contributed by atoms with Crippen LogP contribution in [0.4, 0.5) is 5.69 Å². The van der Waals surface area contributed by atoms with Crippen molar-refractivity contribution >= 4 is 34.7 Å². The molecule has 0 atom stereocenters. The first kappa shape index (κ1) is 17.9. The number of esters is 1. The fraction of sp³-hybridized carbons (Fsp3) is 0.278. The van der Waals surface area contributed by atoms with E-state index in [4.69, 9.17) is 4.74 Å². The molecule has 6 heteroatoms. The van der Waals surface area contributed by atoms with Gasteiger partial charge in [-0.3, -0.25) is 9.59 Å². The number of thiophene rings is 1. The lowest BCUT2D eigenvalue weighted by Gasteiger charge is -2.06. The van der Waals surface area contributed by atoms with Gasteiger partial charge in [-0.1, -0.05) is 6.92 Å². The summed E-state index contributed by atoms with van der Waals surface area (Å²) in [6, 6.07) is 8.36. The van der Waals surface area contributed by atoms with Gasteiger partial charge in [-0.15, -0.1) is 11.3 Å². The van der Waals surface area contributed by atoms with Gasteiger partial charge in [0.2, 0.25) is 5.91 Å². The van der Waals surface area contributed by atoms with Crippen LogP contribution in [0.3, 0.4) is 0 Å². The SMILES string of the molecule is CCCC(=O)Nc1ccc(C(=O)COC(=O)c2sccc2C)cc1. The third-order valence-corrected chi connectivity index (χ3v) is 4.35. The molecule has 2 aromatic rings. The Bertz CT molecular complexity index is 734. The Morgan fingerprint density at radius 2 is 1.83 bits per heavy atom. The Labute approximate surface area is 144 Å². The molecule has 1 aromatic heterocycles. The van der Waals surface area contributed by atoms with Crippen LogP contribution in [-0.2, 0) is 9.53 Å². The van der Waals surface area contributed by atoms with Crippen LogP contribution in [0.1, 0.15) is 45.4 Å². The number of benzene rings is 1. The molecular weight excluding hydrogens is 326 g/mol. The van der Waals surface area contributed by atoms with E-state index in [0.29, 0.717) is 22.5 Å². The second-order valence-electron chi connectivity index (χ2n) is 5.31. The van der Waals surface area contributed by atoms with Gasteiger partial charge in [0.15, 0.2) is 12.4 Å². The van der Waals surface area contributed by atoms with Gasteiger partial charge < -0.3 is 10.1 Å². The van der Waals surface area contributed by atoms with Gasteiger partial charge >= 0.3 is 5.97 Å². The van der Waals surface area contributed by atoms with E-state index in [2.05, 4.69) is 5.32 Å². The summed E-state index contributed by atoms with van der Waals surface area (Å²) in [5.74, 6) is -0.833. The van der Waals surface area contributed by atoms with Crippen LogP contribution in [0.2, 0.25) is 0 Å². The van der Waals surface area contributed by atoms with Crippen LogP contribution in [0.25, 0.3) is 0 Å². The van der Waals surface area contributed by atoms with E-state index in [1.54, 1.807) is 29.6 Å². The summed E-state index contributed by atoms with van der Waals surface area (Å²) in [7, 11) is 0. The second-order valence-corrected chi connectivity index (χ2v) is 6.22. The number of Topliss-reactive ketones (excluding diaryl/α,β-unsaturated/α-hetero) is 1. The maximum Gasteiger partial charge on any atom is 0.349 e. The van der Waals surface area contributed by atoms with Crippen molar-refractivity contribution in [3.05, 3.63) is 51.7 Å². The van der Waals surface area contributed by atoms with Gasteiger partial charge in [-0.2, -0.15) is 0 Å². The number of anilines is 1. The number of ether oxygens (including phenoxy) is 1. The number of aryl methyl sites for hydroxylation is 1. The molecule has 1 heterocycles. The summed E-state index contributed by atoms with van der Waals surface area (Å²) >= 11 is 1.29. The van der Waals surface area contributed by atoms with Crippen LogP contribution < -0.4 is 5.32 Å². The first-order valence-corrected chi connectivity index (χ1v) is 8.53. The lowest BCUT2D eigenvalue weighted by Crippen LogP contribution is -2.14. The van der Waals surface area contributed by atoms with Gasteiger partial charge in [0.1, 0.15) is 4.88 Å². The van der Waals surface area contributed by atoms with E-state index >= 15 is 0 Å². The van der Waals surface area contributed by atoms with Crippen molar-refractivity contribution in [1.82, 2.24) is 0 Å². The minimum Gasteiger partial charge on any atom is -0.453 e. The zero-order valence-corrected chi connectivity index (χ0v) is 14.4. The molecule has 1 aromatic carbocycles. The van der Waals surface area contributed by atoms with E-state index in [0.717, 1.165) is 12.0 Å². The Morgan fingerprint density at radius 1 is 1.12 bits per heavy atom. The van der Waals surface area contributed by atoms with E-state index in [9.17, 15) is 14.4 Å². The monoisotopic (exact) mass is 345 g/mol. The molecule has 0 aliphatic rings. The van der Waals surface area contributed by atoms with Gasteiger partial charge in [-0.05, 0) is 54.6 Å². The van der Waals surface area contributed by atoms with Crippen molar-refractivity contribution in [2.75, 3.05) is 11.9 Å². The van der Waals surface area contributed by atoms with Crippen molar-refractivity contribution in [2.45, 2.75) is 26.7 Å². The van der Waals surface area contributed by atoms with Crippen molar-refractivity contribution in [3.63, 3.8) is 0 Å². The molecule has 0 aliphatic heterocycles. The van der Waals surface area contributed by atoms with Crippen molar-refractivity contribution in [2.24, 2.45) is 0 Å². The van der Waals surface area contributed by atoms with Crippen LogP contribution in [0.5, 0.6) is 0 Å². The van der Waals surface area contributed by atoms with E-state index in [-0.39, 0.29) is 18.3 Å². The molecular formula is C18H19NO4S. The summed E-state index contributed by atoms with van der Waals surface area (Å²) in [5.41, 5.74) is 1.90. The Morgan fingerprint density at radius 3 is 2.42 bits per heavy atom. The first-order valence-electron chi connectivity index (χ1n) is 7.65. The maximum absolute atomic E-state index is 12.1. The molecule has 1 N–H and O–H groups in total. The second kappa shape index (κ2) is 8.40. The fourth-order valence-corrected chi connectivity index (χ4v) is 2.87. The zero-order chi connectivity index (χ0) is 17.5. The number of carbonyl (C=O) groups excluding carboxylic acids is 3. The van der Waals surface area contributed by atoms with Gasteiger partial charge in [0.05, 0.1) is 0 Å². The third-order valence-electron chi connectivity index (χ3n) is 3.35. The number of ketones is 1. The molecule has 1 amide bonds. The van der Waals surface area contributed by atoms with Gasteiger partial charge in [0, 0.05) is 17.7 Å². The van der Waals surface area contributed by atoms with Crippen LogP contribution >= 0.6 is 11.3 Å². The maximum atomic E-state index is 12.1. The number of hydrogen-bond donors (Lipinski definition) is 1. The summed E-state index contributed by atoms with van der Waals surface area (Å²) in [4.78, 5) is 36.0. The summed E-state index contributed by atoms with van der Waals surface area (Å²) in [5, 5.41) is 4.55. The van der Waals surface area contributed by atoms with Crippen molar-refractivity contribution < 1.29 is 19.1 Å². The highest BCUT2D eigenvalue weighted by molar-refractivity contribution is 7.12. The summed E-state index contributed by atoms with van der Waals surface area (Å²) < 4.78 is 5.06. The highest BCUT2D eigenvalue weighted by Crippen LogP contribution is 2.17. The molecule has 0 saturated heterocycles. The first-order chi connectivity index (χ1) is 11.5. The topological polar surface area (TPSA) is 72.5 Å². The van der Waals surface area contributed by atoms with E-state index < -0.39 is 5.97 Å². The summed E-state index contributed by atoms with van der Waals surface area (Å²) in [6.45, 7) is 3.44. The molecule has 0 saturated carbocycles. The highest BCUT2D eigenvalue weighted by atomic mass is 32.1. The number of carbonyl (C=O) groups is 3. The minimum atomic E-state index is -0.487. The standard InChI is InChI=1S/C18H19NO4S/c1-3-4-16(21)19-14-7-5-13(6-8-14)15(20)11-23-18(22)17-12(2)9-10-24-17/h5-10H,3-4,11H2,1-2H3,(H,19,21).